The summed E-state index contributed by atoms with van der Waals surface area (Å²) in [7, 11) is 1.61. The van der Waals surface area contributed by atoms with E-state index in [1.165, 1.54) is 0 Å². The molecule has 0 bridgehead atoms. The van der Waals surface area contributed by atoms with Crippen LogP contribution in [-0.4, -0.2) is 37.4 Å². The first-order valence-corrected chi connectivity index (χ1v) is 8.58. The van der Waals surface area contributed by atoms with Crippen molar-refractivity contribution >= 4 is 11.9 Å². The first-order chi connectivity index (χ1) is 13.0. The molecule has 27 heavy (non-hydrogen) atoms. The van der Waals surface area contributed by atoms with E-state index in [0.717, 1.165) is 11.3 Å². The molecular formula is C20H21NO6. The van der Waals surface area contributed by atoms with Crippen molar-refractivity contribution in [2.75, 3.05) is 20.4 Å². The zero-order valence-electron chi connectivity index (χ0n) is 15.0. The summed E-state index contributed by atoms with van der Waals surface area (Å²) >= 11 is 0. The third-order valence-electron chi connectivity index (χ3n) is 4.26. The molecule has 0 atom stereocenters. The van der Waals surface area contributed by atoms with Crippen LogP contribution in [-0.2, 0) is 28.9 Å². The first-order valence-electron chi connectivity index (χ1n) is 8.58. The Morgan fingerprint density at radius 3 is 2.48 bits per heavy atom. The molecule has 2 N–H and O–H groups in total. The van der Waals surface area contributed by atoms with Gasteiger partial charge in [0.05, 0.1) is 20.0 Å². The van der Waals surface area contributed by atoms with Crippen LogP contribution in [0.25, 0.3) is 0 Å². The largest absolute Gasteiger partial charge is 0.497 e. The van der Waals surface area contributed by atoms with Crippen LogP contribution in [0.4, 0.5) is 0 Å². The maximum absolute atomic E-state index is 12.3. The summed E-state index contributed by atoms with van der Waals surface area (Å²) in [5, 5.41) is 12.0. The Labute approximate surface area is 156 Å². The molecular weight excluding hydrogens is 350 g/mol. The second-order valence-corrected chi connectivity index (χ2v) is 6.17. The summed E-state index contributed by atoms with van der Waals surface area (Å²) < 4.78 is 15.8. The molecule has 0 spiro atoms. The number of carboxylic acid groups (broad SMARTS) is 1. The van der Waals surface area contributed by atoms with E-state index in [-0.39, 0.29) is 25.5 Å². The maximum atomic E-state index is 12.3. The van der Waals surface area contributed by atoms with Gasteiger partial charge in [0.15, 0.2) is 11.5 Å². The highest BCUT2D eigenvalue weighted by Gasteiger charge is 2.19. The van der Waals surface area contributed by atoms with Crippen LogP contribution in [0, 0.1) is 0 Å². The Morgan fingerprint density at radius 1 is 1.11 bits per heavy atom. The minimum absolute atomic E-state index is 0.0807. The lowest BCUT2D eigenvalue weighted by atomic mass is 10.0. The van der Waals surface area contributed by atoms with Gasteiger partial charge in [-0.3, -0.25) is 9.59 Å². The third-order valence-corrected chi connectivity index (χ3v) is 4.26. The van der Waals surface area contributed by atoms with E-state index >= 15 is 0 Å². The number of aliphatic carboxylic acids is 1. The van der Waals surface area contributed by atoms with Crippen molar-refractivity contribution in [1.82, 2.24) is 5.32 Å². The molecule has 2 aromatic carbocycles. The van der Waals surface area contributed by atoms with Crippen LogP contribution in [0.2, 0.25) is 0 Å². The van der Waals surface area contributed by atoms with Gasteiger partial charge in [-0.25, -0.2) is 0 Å². The Hall–Kier alpha value is -3.22. The van der Waals surface area contributed by atoms with Gasteiger partial charge in [-0.15, -0.1) is 0 Å². The van der Waals surface area contributed by atoms with E-state index in [2.05, 4.69) is 5.32 Å². The van der Waals surface area contributed by atoms with Crippen LogP contribution in [0.5, 0.6) is 17.2 Å². The molecule has 0 aromatic heterocycles. The van der Waals surface area contributed by atoms with Crippen molar-refractivity contribution in [2.45, 2.75) is 19.3 Å². The highest BCUT2D eigenvalue weighted by atomic mass is 16.7. The number of carboxylic acids is 1. The molecule has 1 amide bonds. The molecule has 0 radical (unpaired) electrons. The first kappa shape index (κ1) is 18.6. The summed E-state index contributed by atoms with van der Waals surface area (Å²) in [4.78, 5) is 23.4. The molecule has 0 saturated heterocycles. The Kier molecular flexibility index (Phi) is 5.80. The molecule has 1 heterocycles. The van der Waals surface area contributed by atoms with Gasteiger partial charge in [0.1, 0.15) is 5.75 Å². The lowest BCUT2D eigenvalue weighted by Gasteiger charge is -2.11. The minimum atomic E-state index is -0.964. The number of rotatable bonds is 8. The predicted octanol–water partition coefficient (Wildman–Crippen LogP) is 1.95. The number of amides is 1. The number of hydrogen-bond donors (Lipinski definition) is 2. The molecule has 1 aliphatic heterocycles. The predicted molar refractivity (Wildman–Crippen MR) is 97.3 cm³/mol. The third kappa shape index (κ3) is 4.91. The molecule has 1 aliphatic rings. The monoisotopic (exact) mass is 371 g/mol. The average molecular weight is 371 g/mol. The van der Waals surface area contributed by atoms with Gasteiger partial charge >= 0.3 is 5.97 Å². The Bertz CT molecular complexity index is 848. The summed E-state index contributed by atoms with van der Waals surface area (Å²) in [5.41, 5.74) is 2.24. The second kappa shape index (κ2) is 8.44. The van der Waals surface area contributed by atoms with Crippen molar-refractivity contribution in [3.8, 4) is 17.2 Å². The smallest absolute Gasteiger partial charge is 0.307 e. The van der Waals surface area contributed by atoms with Crippen molar-refractivity contribution in [3.63, 3.8) is 0 Å². The number of nitrogens with one attached hydrogen (secondary N) is 1. The summed E-state index contributed by atoms with van der Waals surface area (Å²) in [6.07, 6.45) is 0.576. The SMILES string of the molecule is COc1cccc(CCNC(=O)Cc2cc3c(cc2CC(=O)O)OCO3)c1. The topological polar surface area (TPSA) is 94.1 Å². The number of hydrogen-bond acceptors (Lipinski definition) is 5. The van der Waals surface area contributed by atoms with E-state index in [4.69, 9.17) is 19.3 Å². The molecule has 3 rings (SSSR count). The zero-order chi connectivity index (χ0) is 19.2. The van der Waals surface area contributed by atoms with Crippen molar-refractivity contribution in [2.24, 2.45) is 0 Å². The lowest BCUT2D eigenvalue weighted by Crippen LogP contribution is -2.27. The molecule has 7 heteroatoms. The van der Waals surface area contributed by atoms with Gasteiger partial charge in [0, 0.05) is 6.54 Å². The number of fused-ring (bicyclic) bond motifs is 1. The van der Waals surface area contributed by atoms with E-state index in [1.54, 1.807) is 19.2 Å². The molecule has 0 unspecified atom stereocenters. The molecule has 142 valence electrons. The highest BCUT2D eigenvalue weighted by molar-refractivity contribution is 5.80. The Balaban J connectivity index is 1.60. The fourth-order valence-electron chi connectivity index (χ4n) is 2.93. The molecule has 0 saturated carbocycles. The standard InChI is InChI=1S/C20H21NO6/c1-25-16-4-2-3-13(7-16)5-6-21-19(22)10-14-8-17-18(27-12-26-17)9-15(14)11-20(23)24/h2-4,7-9H,5-6,10-12H2,1H3,(H,21,22)(H,23,24). The van der Waals surface area contributed by atoms with Crippen LogP contribution in [0.15, 0.2) is 36.4 Å². The van der Waals surface area contributed by atoms with E-state index in [1.807, 2.05) is 24.3 Å². The van der Waals surface area contributed by atoms with Gasteiger partial charge in [-0.1, -0.05) is 12.1 Å². The van der Waals surface area contributed by atoms with Crippen molar-refractivity contribution in [1.29, 1.82) is 0 Å². The molecule has 7 nitrogen and oxygen atoms in total. The number of carbonyl (C=O) groups excluding carboxylic acids is 1. The van der Waals surface area contributed by atoms with Gasteiger partial charge in [-0.2, -0.15) is 0 Å². The number of benzene rings is 2. The number of ether oxygens (including phenoxy) is 3. The van der Waals surface area contributed by atoms with Crippen molar-refractivity contribution < 1.29 is 28.9 Å². The van der Waals surface area contributed by atoms with Gasteiger partial charge in [0.25, 0.3) is 0 Å². The quantitative estimate of drug-likeness (QED) is 0.737. The fraction of sp³-hybridized carbons (Fsp3) is 0.300. The van der Waals surface area contributed by atoms with Crippen LogP contribution in [0.3, 0.4) is 0 Å². The summed E-state index contributed by atoms with van der Waals surface area (Å²) in [6.45, 7) is 0.572. The van der Waals surface area contributed by atoms with Crippen LogP contribution in [0.1, 0.15) is 16.7 Å². The van der Waals surface area contributed by atoms with Crippen molar-refractivity contribution in [3.05, 3.63) is 53.1 Å². The summed E-state index contributed by atoms with van der Waals surface area (Å²) in [5.74, 6) is 0.672. The van der Waals surface area contributed by atoms with E-state index in [9.17, 15) is 9.59 Å². The summed E-state index contributed by atoms with van der Waals surface area (Å²) in [6, 6.07) is 11.0. The van der Waals surface area contributed by atoms with E-state index < -0.39 is 5.97 Å². The highest BCUT2D eigenvalue weighted by Crippen LogP contribution is 2.35. The molecule has 2 aromatic rings. The Morgan fingerprint density at radius 2 is 1.81 bits per heavy atom. The van der Waals surface area contributed by atoms with Gasteiger partial charge in [0.2, 0.25) is 12.7 Å². The minimum Gasteiger partial charge on any atom is -0.497 e. The van der Waals surface area contributed by atoms with Gasteiger partial charge < -0.3 is 24.6 Å². The molecule has 0 fully saturated rings. The number of carbonyl (C=O) groups is 2. The second-order valence-electron chi connectivity index (χ2n) is 6.17. The molecule has 0 aliphatic carbocycles. The van der Waals surface area contributed by atoms with Crippen LogP contribution < -0.4 is 19.5 Å². The lowest BCUT2D eigenvalue weighted by molar-refractivity contribution is -0.136. The maximum Gasteiger partial charge on any atom is 0.307 e. The van der Waals surface area contributed by atoms with E-state index in [0.29, 0.717) is 35.6 Å². The average Bonchev–Trinajstić information content (AvgIpc) is 3.09. The fourth-order valence-corrected chi connectivity index (χ4v) is 2.93. The van der Waals surface area contributed by atoms with Gasteiger partial charge in [-0.05, 0) is 47.4 Å². The number of methoxy groups -OCH3 is 1. The zero-order valence-corrected chi connectivity index (χ0v) is 15.0. The van der Waals surface area contributed by atoms with Crippen LogP contribution >= 0.6 is 0 Å². The normalized spacial score (nSPS) is 11.9.